The van der Waals surface area contributed by atoms with Gasteiger partial charge < -0.3 is 5.73 Å². The third-order valence-electron chi connectivity index (χ3n) is 2.76. The minimum atomic E-state index is 0.441. The van der Waals surface area contributed by atoms with Crippen molar-refractivity contribution in [1.29, 1.82) is 0 Å². The van der Waals surface area contributed by atoms with E-state index in [1.165, 1.54) is 10.5 Å². The van der Waals surface area contributed by atoms with Crippen LogP contribution < -0.4 is 5.73 Å². The number of benzene rings is 1. The van der Waals surface area contributed by atoms with Crippen LogP contribution in [0.1, 0.15) is 20.8 Å². The maximum Gasteiger partial charge on any atom is 0.131 e. The van der Waals surface area contributed by atoms with E-state index in [-0.39, 0.29) is 0 Å². The molecule has 0 aliphatic carbocycles. The minimum Gasteiger partial charge on any atom is -0.330 e. The van der Waals surface area contributed by atoms with Gasteiger partial charge in [-0.15, -0.1) is 33.3 Å². The molecular formula is C12H13N3S2. The topological polar surface area (TPSA) is 51.8 Å². The predicted octanol–water partition coefficient (Wildman–Crippen LogP) is 2.43. The third kappa shape index (κ3) is 2.22. The van der Waals surface area contributed by atoms with Gasteiger partial charge in [0.2, 0.25) is 0 Å². The fourth-order valence-electron chi connectivity index (χ4n) is 1.94. The SMILES string of the molecule is NCCc1nnc(C2Cc3ccccc3S2)s1. The maximum atomic E-state index is 5.53. The molecule has 0 radical (unpaired) electrons. The molecule has 2 heterocycles. The maximum absolute atomic E-state index is 5.53. The Bertz CT molecular complexity index is 499. The standard InChI is InChI=1S/C12H13N3S2/c13-6-5-11-14-15-12(17-11)10-7-8-3-1-2-4-9(8)16-10/h1-4,10H,5-7,13H2. The van der Waals surface area contributed by atoms with Crippen molar-refractivity contribution in [3.05, 3.63) is 39.8 Å². The van der Waals surface area contributed by atoms with E-state index < -0.39 is 0 Å². The van der Waals surface area contributed by atoms with E-state index in [1.807, 2.05) is 11.8 Å². The molecule has 1 aliphatic rings. The van der Waals surface area contributed by atoms with Gasteiger partial charge >= 0.3 is 0 Å². The Morgan fingerprint density at radius 1 is 1.29 bits per heavy atom. The van der Waals surface area contributed by atoms with Gasteiger partial charge in [-0.25, -0.2) is 0 Å². The van der Waals surface area contributed by atoms with Gasteiger partial charge in [-0.2, -0.15) is 0 Å². The molecule has 1 aromatic carbocycles. The van der Waals surface area contributed by atoms with Gasteiger partial charge in [0.05, 0.1) is 5.25 Å². The summed E-state index contributed by atoms with van der Waals surface area (Å²) in [6.07, 6.45) is 1.90. The number of fused-ring (bicyclic) bond motifs is 1. The Hall–Kier alpha value is -0.910. The molecule has 1 atom stereocenters. The van der Waals surface area contributed by atoms with E-state index in [1.54, 1.807) is 11.3 Å². The largest absolute Gasteiger partial charge is 0.330 e. The second-order valence-corrected chi connectivity index (χ2v) is 6.33. The molecule has 5 heteroatoms. The van der Waals surface area contributed by atoms with Crippen molar-refractivity contribution in [2.75, 3.05) is 6.54 Å². The molecule has 0 amide bonds. The molecule has 0 spiro atoms. The fourth-order valence-corrected chi connectivity index (χ4v) is 4.25. The quantitative estimate of drug-likeness (QED) is 0.924. The highest BCUT2D eigenvalue weighted by molar-refractivity contribution is 8.00. The molecule has 17 heavy (non-hydrogen) atoms. The van der Waals surface area contributed by atoms with Crippen LogP contribution in [0.15, 0.2) is 29.2 Å². The molecule has 1 unspecified atom stereocenters. The monoisotopic (exact) mass is 263 g/mol. The summed E-state index contributed by atoms with van der Waals surface area (Å²) in [4.78, 5) is 1.38. The van der Waals surface area contributed by atoms with Crippen LogP contribution in [0.3, 0.4) is 0 Å². The number of aromatic nitrogens is 2. The highest BCUT2D eigenvalue weighted by Crippen LogP contribution is 2.46. The van der Waals surface area contributed by atoms with E-state index in [9.17, 15) is 0 Å². The van der Waals surface area contributed by atoms with Gasteiger partial charge in [0, 0.05) is 11.3 Å². The number of rotatable bonds is 3. The van der Waals surface area contributed by atoms with Crippen molar-refractivity contribution < 1.29 is 0 Å². The zero-order valence-corrected chi connectivity index (χ0v) is 10.9. The zero-order chi connectivity index (χ0) is 11.7. The van der Waals surface area contributed by atoms with E-state index in [4.69, 9.17) is 5.73 Å². The van der Waals surface area contributed by atoms with Crippen LogP contribution in [0.2, 0.25) is 0 Å². The first kappa shape index (κ1) is 11.2. The van der Waals surface area contributed by atoms with Crippen LogP contribution >= 0.6 is 23.1 Å². The van der Waals surface area contributed by atoms with Gasteiger partial charge in [-0.1, -0.05) is 18.2 Å². The predicted molar refractivity (Wildman–Crippen MR) is 71.4 cm³/mol. The number of nitrogens with two attached hydrogens (primary N) is 1. The Morgan fingerprint density at radius 3 is 3.00 bits per heavy atom. The van der Waals surface area contributed by atoms with E-state index >= 15 is 0 Å². The van der Waals surface area contributed by atoms with Gasteiger partial charge in [0.1, 0.15) is 10.0 Å². The molecule has 1 aliphatic heterocycles. The fraction of sp³-hybridized carbons (Fsp3) is 0.333. The first-order valence-electron chi connectivity index (χ1n) is 5.63. The van der Waals surface area contributed by atoms with Gasteiger partial charge in [-0.3, -0.25) is 0 Å². The van der Waals surface area contributed by atoms with Crippen LogP contribution in [-0.4, -0.2) is 16.7 Å². The average molecular weight is 263 g/mol. The second-order valence-electron chi connectivity index (χ2n) is 3.99. The molecule has 0 saturated heterocycles. The highest BCUT2D eigenvalue weighted by Gasteiger charge is 2.26. The van der Waals surface area contributed by atoms with Crippen molar-refractivity contribution in [2.24, 2.45) is 5.73 Å². The van der Waals surface area contributed by atoms with Gasteiger partial charge in [0.15, 0.2) is 0 Å². The van der Waals surface area contributed by atoms with Crippen molar-refractivity contribution in [3.8, 4) is 0 Å². The lowest BCUT2D eigenvalue weighted by atomic mass is 10.1. The minimum absolute atomic E-state index is 0.441. The molecule has 3 rings (SSSR count). The van der Waals surface area contributed by atoms with Crippen molar-refractivity contribution >= 4 is 23.1 Å². The smallest absolute Gasteiger partial charge is 0.131 e. The van der Waals surface area contributed by atoms with E-state index in [0.717, 1.165) is 22.9 Å². The summed E-state index contributed by atoms with van der Waals surface area (Å²) in [6.45, 7) is 0.646. The summed E-state index contributed by atoms with van der Waals surface area (Å²) in [5.74, 6) is 0. The highest BCUT2D eigenvalue weighted by atomic mass is 32.2. The summed E-state index contributed by atoms with van der Waals surface area (Å²) < 4.78 is 0. The number of hydrogen-bond acceptors (Lipinski definition) is 5. The number of nitrogens with zero attached hydrogens (tertiary/aromatic N) is 2. The van der Waals surface area contributed by atoms with E-state index in [0.29, 0.717) is 11.8 Å². The summed E-state index contributed by atoms with van der Waals surface area (Å²) in [6, 6.07) is 8.57. The summed E-state index contributed by atoms with van der Waals surface area (Å²) in [5.41, 5.74) is 6.95. The van der Waals surface area contributed by atoms with Gasteiger partial charge in [-0.05, 0) is 24.6 Å². The lowest BCUT2D eigenvalue weighted by Crippen LogP contribution is -2.01. The summed E-state index contributed by atoms with van der Waals surface area (Å²) in [7, 11) is 0. The first-order chi connectivity index (χ1) is 8.36. The Morgan fingerprint density at radius 2 is 2.18 bits per heavy atom. The molecule has 2 N–H and O–H groups in total. The van der Waals surface area contributed by atoms with Gasteiger partial charge in [0.25, 0.3) is 0 Å². The molecular weight excluding hydrogens is 250 g/mol. The Labute approximate surface area is 108 Å². The zero-order valence-electron chi connectivity index (χ0n) is 9.30. The second kappa shape index (κ2) is 4.76. The lowest BCUT2D eigenvalue weighted by molar-refractivity contribution is 0.866. The van der Waals surface area contributed by atoms with Crippen LogP contribution in [-0.2, 0) is 12.8 Å². The van der Waals surface area contributed by atoms with Crippen LogP contribution in [0.4, 0.5) is 0 Å². The molecule has 3 nitrogen and oxygen atoms in total. The van der Waals surface area contributed by atoms with Crippen LogP contribution in [0, 0.1) is 0 Å². The molecule has 0 fully saturated rings. The number of hydrogen-bond donors (Lipinski definition) is 1. The third-order valence-corrected chi connectivity index (χ3v) is 5.34. The number of thioether (sulfide) groups is 1. The summed E-state index contributed by atoms with van der Waals surface area (Å²) in [5, 5.41) is 11.1. The van der Waals surface area contributed by atoms with Crippen molar-refractivity contribution in [2.45, 2.75) is 23.0 Å². The Kier molecular flexibility index (Phi) is 3.13. The van der Waals surface area contributed by atoms with Crippen LogP contribution in [0.25, 0.3) is 0 Å². The molecule has 2 aromatic rings. The molecule has 1 aromatic heterocycles. The summed E-state index contributed by atoms with van der Waals surface area (Å²) >= 11 is 3.60. The first-order valence-corrected chi connectivity index (χ1v) is 7.33. The molecule has 0 saturated carbocycles. The molecule has 0 bridgehead atoms. The lowest BCUT2D eigenvalue weighted by Gasteiger charge is -2.01. The average Bonchev–Trinajstić information content (AvgIpc) is 2.94. The Balaban J connectivity index is 1.79. The normalized spacial score (nSPS) is 18.3. The van der Waals surface area contributed by atoms with E-state index in [2.05, 4.69) is 34.5 Å². The molecule has 88 valence electrons. The van der Waals surface area contributed by atoms with Crippen molar-refractivity contribution in [1.82, 2.24) is 10.2 Å². The van der Waals surface area contributed by atoms with Crippen molar-refractivity contribution in [3.63, 3.8) is 0 Å². The van der Waals surface area contributed by atoms with Crippen LogP contribution in [0.5, 0.6) is 0 Å².